The topological polar surface area (TPSA) is 78.5 Å². The Morgan fingerprint density at radius 1 is 1.00 bits per heavy atom. The van der Waals surface area contributed by atoms with Crippen LogP contribution in [0, 0.1) is 5.82 Å². The summed E-state index contributed by atoms with van der Waals surface area (Å²) in [5.41, 5.74) is 1.97. The number of anilines is 1. The molecule has 4 rings (SSSR count). The second kappa shape index (κ2) is 8.65. The van der Waals surface area contributed by atoms with Crippen molar-refractivity contribution in [1.29, 1.82) is 0 Å². The highest BCUT2D eigenvalue weighted by Crippen LogP contribution is 2.32. The number of hydrogen-bond acceptors (Lipinski definition) is 3. The Morgan fingerprint density at radius 3 is 2.53 bits per heavy atom. The third kappa shape index (κ3) is 4.20. The minimum absolute atomic E-state index is 0.0336. The molecule has 1 fully saturated rings. The molecule has 1 saturated carbocycles. The van der Waals surface area contributed by atoms with E-state index in [2.05, 4.69) is 10.6 Å². The number of nitrogens with one attached hydrogen (secondary N) is 2. The summed E-state index contributed by atoms with van der Waals surface area (Å²) in [6.45, 7) is 0.340. The summed E-state index contributed by atoms with van der Waals surface area (Å²) in [4.78, 5) is 39.1. The molecule has 0 unspecified atom stereocenters. The Kier molecular flexibility index (Phi) is 5.79. The largest absolute Gasteiger partial charge is 0.338 e. The molecule has 156 valence electrons. The minimum atomic E-state index is -0.424. The first-order valence-corrected chi connectivity index (χ1v) is 10.3. The molecule has 2 N–H and O–H groups in total. The van der Waals surface area contributed by atoms with Gasteiger partial charge in [0.05, 0.1) is 11.1 Å². The number of carbonyl (C=O) groups excluding carboxylic acids is 3. The highest BCUT2D eigenvalue weighted by Gasteiger charge is 2.40. The van der Waals surface area contributed by atoms with Crippen molar-refractivity contribution in [2.24, 2.45) is 0 Å². The van der Waals surface area contributed by atoms with Crippen LogP contribution in [0.25, 0.3) is 0 Å². The second-order valence-electron chi connectivity index (χ2n) is 7.79. The number of hydrogen-bond donors (Lipinski definition) is 2. The SMILES string of the molecule is O=C(NCCc1cccc(F)c1)Nc1ccc2c(c1)C(=O)N(C1CCCCC1)C2=O. The number of imide groups is 1. The first-order chi connectivity index (χ1) is 14.5. The minimum Gasteiger partial charge on any atom is -0.338 e. The van der Waals surface area contributed by atoms with Crippen LogP contribution >= 0.6 is 0 Å². The summed E-state index contributed by atoms with van der Waals surface area (Å²) in [6.07, 6.45) is 5.40. The monoisotopic (exact) mass is 409 g/mol. The first-order valence-electron chi connectivity index (χ1n) is 10.3. The Morgan fingerprint density at radius 2 is 1.77 bits per heavy atom. The molecular formula is C23H24FN3O3. The molecule has 0 radical (unpaired) electrons. The average molecular weight is 409 g/mol. The van der Waals surface area contributed by atoms with E-state index in [1.165, 1.54) is 17.0 Å². The first kappa shape index (κ1) is 20.1. The maximum absolute atomic E-state index is 13.2. The molecule has 30 heavy (non-hydrogen) atoms. The third-order valence-corrected chi connectivity index (χ3v) is 5.70. The van der Waals surface area contributed by atoms with Crippen LogP contribution in [0.1, 0.15) is 58.4 Å². The standard InChI is InChI=1S/C23H24FN3O3/c24-16-6-4-5-15(13-16)11-12-25-23(30)26-17-9-10-19-20(14-17)22(29)27(21(19)28)18-7-2-1-3-8-18/h4-6,9-10,13-14,18H,1-3,7-8,11-12H2,(H2,25,26,30). The second-order valence-corrected chi connectivity index (χ2v) is 7.79. The van der Waals surface area contributed by atoms with Gasteiger partial charge in [0.15, 0.2) is 0 Å². The summed E-state index contributed by atoms with van der Waals surface area (Å²) < 4.78 is 13.2. The normalized spacial score (nSPS) is 16.5. The molecule has 2 aromatic rings. The molecule has 2 aromatic carbocycles. The Balaban J connectivity index is 1.36. The number of fused-ring (bicyclic) bond motifs is 1. The fourth-order valence-electron chi connectivity index (χ4n) is 4.20. The van der Waals surface area contributed by atoms with E-state index >= 15 is 0 Å². The van der Waals surface area contributed by atoms with Gasteiger partial charge in [-0.1, -0.05) is 31.4 Å². The van der Waals surface area contributed by atoms with Gasteiger partial charge in [-0.3, -0.25) is 14.5 Å². The third-order valence-electron chi connectivity index (χ3n) is 5.70. The average Bonchev–Trinajstić information content (AvgIpc) is 2.98. The van der Waals surface area contributed by atoms with Crippen molar-refractivity contribution in [1.82, 2.24) is 10.2 Å². The number of carbonyl (C=O) groups is 3. The maximum Gasteiger partial charge on any atom is 0.319 e. The highest BCUT2D eigenvalue weighted by atomic mass is 19.1. The van der Waals surface area contributed by atoms with Crippen molar-refractivity contribution in [2.45, 2.75) is 44.6 Å². The predicted molar refractivity (Wildman–Crippen MR) is 111 cm³/mol. The molecule has 0 atom stereocenters. The summed E-state index contributed by atoms with van der Waals surface area (Å²) in [6, 6.07) is 10.6. The van der Waals surface area contributed by atoms with Crippen LogP contribution in [-0.4, -0.2) is 35.3 Å². The molecule has 0 spiro atoms. The van der Waals surface area contributed by atoms with E-state index in [0.717, 1.165) is 37.7 Å². The van der Waals surface area contributed by atoms with Crippen molar-refractivity contribution < 1.29 is 18.8 Å². The molecule has 0 saturated heterocycles. The van der Waals surface area contributed by atoms with Crippen LogP contribution in [0.3, 0.4) is 0 Å². The molecular weight excluding hydrogens is 385 g/mol. The number of rotatable bonds is 5. The number of benzene rings is 2. The smallest absolute Gasteiger partial charge is 0.319 e. The van der Waals surface area contributed by atoms with Gasteiger partial charge in [0.25, 0.3) is 11.8 Å². The predicted octanol–water partition coefficient (Wildman–Crippen LogP) is 4.12. The van der Waals surface area contributed by atoms with Crippen molar-refractivity contribution in [2.75, 3.05) is 11.9 Å². The molecule has 0 aromatic heterocycles. The molecule has 2 aliphatic rings. The number of amides is 4. The molecule has 0 bridgehead atoms. The molecule has 1 heterocycles. The zero-order valence-electron chi connectivity index (χ0n) is 16.6. The molecule has 1 aliphatic carbocycles. The van der Waals surface area contributed by atoms with Gasteiger partial charge >= 0.3 is 6.03 Å². The van der Waals surface area contributed by atoms with Gasteiger partial charge in [-0.2, -0.15) is 0 Å². The van der Waals surface area contributed by atoms with Gasteiger partial charge in [-0.15, -0.1) is 0 Å². The fourth-order valence-corrected chi connectivity index (χ4v) is 4.20. The summed E-state index contributed by atoms with van der Waals surface area (Å²) in [7, 11) is 0. The van der Waals surface area contributed by atoms with Crippen LogP contribution in [0.5, 0.6) is 0 Å². The van der Waals surface area contributed by atoms with Crippen molar-refractivity contribution in [3.63, 3.8) is 0 Å². The lowest BCUT2D eigenvalue weighted by Crippen LogP contribution is -2.40. The summed E-state index contributed by atoms with van der Waals surface area (Å²) in [5.74, 6) is -0.832. The molecule has 1 aliphatic heterocycles. The summed E-state index contributed by atoms with van der Waals surface area (Å²) >= 11 is 0. The lowest BCUT2D eigenvalue weighted by molar-refractivity contribution is 0.0549. The van der Waals surface area contributed by atoms with Gasteiger partial charge < -0.3 is 10.6 Å². The van der Waals surface area contributed by atoms with E-state index in [-0.39, 0.29) is 23.7 Å². The Bertz CT molecular complexity index is 985. The Hall–Kier alpha value is -3.22. The van der Waals surface area contributed by atoms with Crippen LogP contribution < -0.4 is 10.6 Å². The van der Waals surface area contributed by atoms with Crippen LogP contribution in [0.15, 0.2) is 42.5 Å². The number of urea groups is 1. The summed E-state index contributed by atoms with van der Waals surface area (Å²) in [5, 5.41) is 5.41. The van der Waals surface area contributed by atoms with Crippen LogP contribution in [-0.2, 0) is 6.42 Å². The van der Waals surface area contributed by atoms with Gasteiger partial charge in [0.1, 0.15) is 5.82 Å². The van der Waals surface area contributed by atoms with Crippen LogP contribution in [0.4, 0.5) is 14.9 Å². The van der Waals surface area contributed by atoms with Crippen molar-refractivity contribution in [3.8, 4) is 0 Å². The quantitative estimate of drug-likeness (QED) is 0.729. The van der Waals surface area contributed by atoms with Crippen molar-refractivity contribution in [3.05, 3.63) is 65.0 Å². The van der Waals surface area contributed by atoms with Gasteiger partial charge in [0.2, 0.25) is 0 Å². The van der Waals surface area contributed by atoms with Crippen LogP contribution in [0.2, 0.25) is 0 Å². The lowest BCUT2D eigenvalue weighted by atomic mass is 9.94. The number of nitrogens with zero attached hydrogens (tertiary/aromatic N) is 1. The Labute approximate surface area is 174 Å². The van der Waals surface area contributed by atoms with Crippen molar-refractivity contribution >= 4 is 23.5 Å². The van der Waals surface area contributed by atoms with E-state index < -0.39 is 6.03 Å². The number of halogens is 1. The van der Waals surface area contributed by atoms with E-state index in [1.807, 2.05) is 0 Å². The molecule has 7 heteroatoms. The van der Waals surface area contributed by atoms with Gasteiger partial charge in [-0.25, -0.2) is 9.18 Å². The maximum atomic E-state index is 13.2. The van der Waals surface area contributed by atoms with E-state index in [0.29, 0.717) is 29.8 Å². The van der Waals surface area contributed by atoms with Gasteiger partial charge in [0, 0.05) is 18.3 Å². The van der Waals surface area contributed by atoms with E-state index in [4.69, 9.17) is 0 Å². The highest BCUT2D eigenvalue weighted by molar-refractivity contribution is 6.22. The zero-order chi connectivity index (χ0) is 21.1. The molecule has 6 nitrogen and oxygen atoms in total. The fraction of sp³-hybridized carbons (Fsp3) is 0.348. The molecule has 4 amide bonds. The van der Waals surface area contributed by atoms with E-state index in [9.17, 15) is 18.8 Å². The zero-order valence-corrected chi connectivity index (χ0v) is 16.6. The lowest BCUT2D eigenvalue weighted by Gasteiger charge is -2.29. The van der Waals surface area contributed by atoms with E-state index in [1.54, 1.807) is 30.3 Å². The van der Waals surface area contributed by atoms with Gasteiger partial charge in [-0.05, 0) is 55.2 Å².